The van der Waals surface area contributed by atoms with Crippen molar-refractivity contribution in [3.05, 3.63) is 0 Å². The van der Waals surface area contributed by atoms with E-state index in [2.05, 4.69) is 11.4 Å². The first-order valence-corrected chi connectivity index (χ1v) is 5.78. The Morgan fingerprint density at radius 3 is 2.81 bits per heavy atom. The van der Waals surface area contributed by atoms with Gasteiger partial charge in [-0.25, -0.2) is 0 Å². The number of methoxy groups -OCH3 is 1. The lowest BCUT2D eigenvalue weighted by atomic mass is 9.91. The van der Waals surface area contributed by atoms with Gasteiger partial charge >= 0.3 is 0 Å². The van der Waals surface area contributed by atoms with Gasteiger partial charge in [0.15, 0.2) is 0 Å². The summed E-state index contributed by atoms with van der Waals surface area (Å²) in [6.45, 7) is 6.99. The van der Waals surface area contributed by atoms with Gasteiger partial charge in [-0.3, -0.25) is 0 Å². The highest BCUT2D eigenvalue weighted by Gasteiger charge is 2.34. The number of nitrogens with one attached hydrogen (secondary N) is 1. The zero-order chi connectivity index (χ0) is 12.1. The first kappa shape index (κ1) is 13.4. The van der Waals surface area contributed by atoms with Crippen LogP contribution in [0.25, 0.3) is 0 Å². The SMILES string of the molecule is COC1(CNCCC(C)(C)C#N)CCOC1. The summed E-state index contributed by atoms with van der Waals surface area (Å²) in [6, 6.07) is 2.30. The number of hydrogen-bond donors (Lipinski definition) is 1. The highest BCUT2D eigenvalue weighted by atomic mass is 16.5. The molecule has 4 heteroatoms. The number of nitrogens with zero attached hydrogens (tertiary/aromatic N) is 1. The molecule has 0 radical (unpaired) electrons. The van der Waals surface area contributed by atoms with Crippen molar-refractivity contribution in [2.45, 2.75) is 32.3 Å². The smallest absolute Gasteiger partial charge is 0.106 e. The molecule has 1 aliphatic heterocycles. The predicted molar refractivity (Wildman–Crippen MR) is 62.1 cm³/mol. The predicted octanol–water partition coefficient (Wildman–Crippen LogP) is 1.32. The quantitative estimate of drug-likeness (QED) is 0.694. The molecule has 1 atom stereocenters. The third kappa shape index (κ3) is 3.75. The summed E-state index contributed by atoms with van der Waals surface area (Å²) < 4.78 is 10.9. The van der Waals surface area contributed by atoms with Crippen LogP contribution in [0.3, 0.4) is 0 Å². The summed E-state index contributed by atoms with van der Waals surface area (Å²) in [6.07, 6.45) is 1.79. The third-order valence-corrected chi connectivity index (χ3v) is 3.18. The Bertz CT molecular complexity index is 252. The lowest BCUT2D eigenvalue weighted by Gasteiger charge is -2.26. The minimum Gasteiger partial charge on any atom is -0.378 e. The van der Waals surface area contributed by atoms with Crippen molar-refractivity contribution in [3.8, 4) is 6.07 Å². The zero-order valence-corrected chi connectivity index (χ0v) is 10.5. The molecule has 1 rings (SSSR count). The van der Waals surface area contributed by atoms with E-state index < -0.39 is 0 Å². The van der Waals surface area contributed by atoms with Crippen LogP contribution >= 0.6 is 0 Å². The summed E-state index contributed by atoms with van der Waals surface area (Å²) >= 11 is 0. The summed E-state index contributed by atoms with van der Waals surface area (Å²) in [7, 11) is 1.73. The van der Waals surface area contributed by atoms with E-state index in [4.69, 9.17) is 14.7 Å². The van der Waals surface area contributed by atoms with Gasteiger partial charge in [0.2, 0.25) is 0 Å². The van der Waals surface area contributed by atoms with Crippen LogP contribution in [0.4, 0.5) is 0 Å². The molecule has 0 aromatic heterocycles. The summed E-state index contributed by atoms with van der Waals surface area (Å²) in [5.74, 6) is 0. The maximum Gasteiger partial charge on any atom is 0.106 e. The van der Waals surface area contributed by atoms with Crippen molar-refractivity contribution >= 4 is 0 Å². The molecule has 1 N–H and O–H groups in total. The van der Waals surface area contributed by atoms with Gasteiger partial charge in [0.1, 0.15) is 5.60 Å². The average Bonchev–Trinajstić information content (AvgIpc) is 2.74. The molecular weight excluding hydrogens is 204 g/mol. The summed E-state index contributed by atoms with van der Waals surface area (Å²) in [5, 5.41) is 12.2. The van der Waals surface area contributed by atoms with E-state index in [0.29, 0.717) is 6.61 Å². The molecule has 1 heterocycles. The fourth-order valence-corrected chi connectivity index (χ4v) is 1.73. The zero-order valence-electron chi connectivity index (χ0n) is 10.5. The van der Waals surface area contributed by atoms with Crippen molar-refractivity contribution in [2.24, 2.45) is 5.41 Å². The maximum absolute atomic E-state index is 8.88. The lowest BCUT2D eigenvalue weighted by molar-refractivity contribution is -0.0158. The highest BCUT2D eigenvalue weighted by Crippen LogP contribution is 2.22. The average molecular weight is 226 g/mol. The van der Waals surface area contributed by atoms with Gasteiger partial charge in [0.05, 0.1) is 18.1 Å². The van der Waals surface area contributed by atoms with Gasteiger partial charge in [-0.2, -0.15) is 5.26 Å². The van der Waals surface area contributed by atoms with E-state index in [-0.39, 0.29) is 11.0 Å². The van der Waals surface area contributed by atoms with Crippen LogP contribution in [0.1, 0.15) is 26.7 Å². The molecule has 0 amide bonds. The Labute approximate surface area is 97.9 Å². The minimum absolute atomic E-state index is 0.156. The van der Waals surface area contributed by atoms with Crippen LogP contribution in [0.5, 0.6) is 0 Å². The van der Waals surface area contributed by atoms with Crippen molar-refractivity contribution in [2.75, 3.05) is 33.4 Å². The summed E-state index contributed by atoms with van der Waals surface area (Å²) in [5.41, 5.74) is -0.407. The number of ether oxygens (including phenoxy) is 2. The van der Waals surface area contributed by atoms with Gasteiger partial charge in [0.25, 0.3) is 0 Å². The van der Waals surface area contributed by atoms with Crippen LogP contribution in [0.2, 0.25) is 0 Å². The number of nitriles is 1. The van der Waals surface area contributed by atoms with Crippen molar-refractivity contribution in [3.63, 3.8) is 0 Å². The Morgan fingerprint density at radius 2 is 2.31 bits per heavy atom. The molecule has 1 unspecified atom stereocenters. The van der Waals surface area contributed by atoms with Crippen LogP contribution in [-0.4, -0.2) is 39.0 Å². The van der Waals surface area contributed by atoms with Crippen LogP contribution in [0.15, 0.2) is 0 Å². The van der Waals surface area contributed by atoms with Crippen molar-refractivity contribution in [1.29, 1.82) is 5.26 Å². The molecule has 1 fully saturated rings. The lowest BCUT2D eigenvalue weighted by Crippen LogP contribution is -2.43. The third-order valence-electron chi connectivity index (χ3n) is 3.18. The molecule has 0 aromatic carbocycles. The molecule has 1 saturated heterocycles. The van der Waals surface area contributed by atoms with E-state index in [9.17, 15) is 0 Å². The van der Waals surface area contributed by atoms with Crippen molar-refractivity contribution < 1.29 is 9.47 Å². The summed E-state index contributed by atoms with van der Waals surface area (Å²) in [4.78, 5) is 0. The molecule has 16 heavy (non-hydrogen) atoms. The molecule has 0 aliphatic carbocycles. The van der Waals surface area contributed by atoms with Gasteiger partial charge in [-0.15, -0.1) is 0 Å². The first-order valence-electron chi connectivity index (χ1n) is 5.78. The van der Waals surface area contributed by atoms with Crippen LogP contribution in [-0.2, 0) is 9.47 Å². The second-order valence-electron chi connectivity index (χ2n) is 5.11. The molecule has 1 aliphatic rings. The molecule has 0 spiro atoms. The standard InChI is InChI=1S/C12H22N2O2/c1-11(2,8-13)4-6-14-9-12(15-3)5-7-16-10-12/h14H,4-7,9-10H2,1-3H3. The van der Waals surface area contributed by atoms with Gasteiger partial charge in [-0.05, 0) is 26.8 Å². The Kier molecular flexibility index (Phi) is 4.72. The fourth-order valence-electron chi connectivity index (χ4n) is 1.73. The van der Waals surface area contributed by atoms with Crippen molar-refractivity contribution in [1.82, 2.24) is 5.32 Å². The molecule has 0 bridgehead atoms. The fraction of sp³-hybridized carbons (Fsp3) is 0.917. The first-order chi connectivity index (χ1) is 7.54. The second-order valence-corrected chi connectivity index (χ2v) is 5.11. The molecule has 4 nitrogen and oxygen atoms in total. The largest absolute Gasteiger partial charge is 0.378 e. The topological polar surface area (TPSA) is 54.3 Å². The minimum atomic E-state index is -0.251. The maximum atomic E-state index is 8.88. The van der Waals surface area contributed by atoms with E-state index in [1.54, 1.807) is 7.11 Å². The van der Waals surface area contributed by atoms with Crippen LogP contribution < -0.4 is 5.32 Å². The Morgan fingerprint density at radius 1 is 1.56 bits per heavy atom. The van der Waals surface area contributed by atoms with Crippen LogP contribution in [0, 0.1) is 16.7 Å². The van der Waals surface area contributed by atoms with E-state index in [1.807, 2.05) is 13.8 Å². The van der Waals surface area contributed by atoms with E-state index in [1.165, 1.54) is 0 Å². The number of hydrogen-bond acceptors (Lipinski definition) is 4. The van der Waals surface area contributed by atoms with Gasteiger partial charge < -0.3 is 14.8 Å². The molecule has 0 aromatic rings. The number of rotatable bonds is 6. The van der Waals surface area contributed by atoms with Gasteiger partial charge in [0, 0.05) is 26.7 Å². The van der Waals surface area contributed by atoms with Gasteiger partial charge in [-0.1, -0.05) is 0 Å². The van der Waals surface area contributed by atoms with E-state index in [0.717, 1.165) is 32.5 Å². The highest BCUT2D eigenvalue weighted by molar-refractivity contribution is 4.92. The molecular formula is C12H22N2O2. The van der Waals surface area contributed by atoms with E-state index >= 15 is 0 Å². The Balaban J connectivity index is 2.22. The Hall–Kier alpha value is -0.630. The molecule has 92 valence electrons. The normalized spacial score (nSPS) is 25.6. The molecule has 0 saturated carbocycles. The monoisotopic (exact) mass is 226 g/mol. The second kappa shape index (κ2) is 5.62.